The van der Waals surface area contributed by atoms with Crippen molar-refractivity contribution in [2.24, 2.45) is 11.0 Å². The third-order valence-electron chi connectivity index (χ3n) is 4.25. The molecule has 0 saturated heterocycles. The van der Waals surface area contributed by atoms with Crippen LogP contribution in [0.5, 0.6) is 0 Å². The minimum atomic E-state index is 0.631. The number of unbranched alkanes of at least 4 members (excludes halogenated alkanes) is 2. The van der Waals surface area contributed by atoms with Crippen molar-refractivity contribution in [3.63, 3.8) is 0 Å². The normalized spacial score (nSPS) is 18.8. The summed E-state index contributed by atoms with van der Waals surface area (Å²) in [5, 5.41) is 6.90. The predicted octanol–water partition coefficient (Wildman–Crippen LogP) is 5.20. The summed E-state index contributed by atoms with van der Waals surface area (Å²) in [7, 11) is 0. The van der Waals surface area contributed by atoms with E-state index in [1.54, 1.807) is 0 Å². The molecule has 2 heteroatoms. The highest BCUT2D eigenvalue weighted by Crippen LogP contribution is 2.41. The fraction of sp³-hybridized carbons (Fsp3) is 0.611. The Morgan fingerprint density at radius 3 is 2.75 bits per heavy atom. The molecule has 20 heavy (non-hydrogen) atoms. The number of para-hydroxylation sites is 1. The minimum Gasteiger partial charge on any atom is -0.265 e. The van der Waals surface area contributed by atoms with Crippen LogP contribution in [0.25, 0.3) is 0 Å². The summed E-state index contributed by atoms with van der Waals surface area (Å²) < 4.78 is 0. The first-order valence-electron chi connectivity index (χ1n) is 8.01. The minimum absolute atomic E-state index is 0.631. The van der Waals surface area contributed by atoms with Gasteiger partial charge in [0.05, 0.1) is 5.69 Å². The smallest absolute Gasteiger partial charge is 0.0629 e. The summed E-state index contributed by atoms with van der Waals surface area (Å²) in [4.78, 5) is 0. The molecule has 1 heterocycles. The molecule has 2 nitrogen and oxygen atoms in total. The maximum atomic E-state index is 4.70. The van der Waals surface area contributed by atoms with Crippen LogP contribution in [0.4, 0.5) is 5.69 Å². The lowest BCUT2D eigenvalue weighted by Crippen LogP contribution is -2.19. The molecule has 1 aliphatic heterocycles. The highest BCUT2D eigenvalue weighted by atomic mass is 15.5. The van der Waals surface area contributed by atoms with Gasteiger partial charge < -0.3 is 0 Å². The zero-order valence-electron chi connectivity index (χ0n) is 13.4. The first kappa shape index (κ1) is 15.1. The second-order valence-corrected chi connectivity index (χ2v) is 6.27. The summed E-state index contributed by atoms with van der Waals surface area (Å²) in [6, 6.07) is 8.78. The molecule has 110 valence electrons. The lowest BCUT2D eigenvalue weighted by molar-refractivity contribution is 0.422. The molecule has 0 N–H and O–H groups in total. The Bertz CT molecular complexity index is 460. The van der Waals surface area contributed by atoms with Gasteiger partial charge in [-0.3, -0.25) is 5.01 Å². The summed E-state index contributed by atoms with van der Waals surface area (Å²) in [6.07, 6.45) is 5.34. The quantitative estimate of drug-likeness (QED) is 0.513. The number of hydrogen-bond acceptors (Lipinski definition) is 2. The molecular weight excluding hydrogens is 244 g/mol. The van der Waals surface area contributed by atoms with Crippen LogP contribution in [-0.4, -0.2) is 12.3 Å². The molecule has 0 aromatic heterocycles. The standard InChI is InChI=1S/C18H28N2/c1-5-6-7-10-15(4)17-13-20(19-14(2)3)18-12-9-8-11-16(17)18/h8-9,11-12,15,17H,5-7,10,13H2,1-4H3. The van der Waals surface area contributed by atoms with Crippen molar-refractivity contribution in [1.82, 2.24) is 0 Å². The summed E-state index contributed by atoms with van der Waals surface area (Å²) in [5.41, 5.74) is 3.92. The topological polar surface area (TPSA) is 15.6 Å². The predicted molar refractivity (Wildman–Crippen MR) is 88.6 cm³/mol. The highest BCUT2D eigenvalue weighted by Gasteiger charge is 2.31. The van der Waals surface area contributed by atoms with Gasteiger partial charge in [0.2, 0.25) is 0 Å². The molecule has 0 bridgehead atoms. The van der Waals surface area contributed by atoms with E-state index in [0.717, 1.165) is 18.2 Å². The molecule has 2 unspecified atom stereocenters. The Hall–Kier alpha value is -1.31. The molecule has 0 fully saturated rings. The van der Waals surface area contributed by atoms with Crippen LogP contribution < -0.4 is 5.01 Å². The number of hydrogen-bond donors (Lipinski definition) is 0. The third kappa shape index (κ3) is 3.41. The lowest BCUT2D eigenvalue weighted by atomic mass is 9.85. The Morgan fingerprint density at radius 2 is 2.05 bits per heavy atom. The SMILES string of the molecule is CCCCCC(C)C1CN(N=C(C)C)c2ccccc21. The van der Waals surface area contributed by atoms with Gasteiger partial charge in [0.1, 0.15) is 0 Å². The molecule has 1 aliphatic rings. The van der Waals surface area contributed by atoms with Crippen molar-refractivity contribution < 1.29 is 0 Å². The van der Waals surface area contributed by atoms with Gasteiger partial charge in [-0.1, -0.05) is 57.7 Å². The Kier molecular flexibility index (Phi) is 5.22. The largest absolute Gasteiger partial charge is 0.265 e. The van der Waals surface area contributed by atoms with Gasteiger partial charge in [0.25, 0.3) is 0 Å². The van der Waals surface area contributed by atoms with Crippen LogP contribution in [-0.2, 0) is 0 Å². The summed E-state index contributed by atoms with van der Waals surface area (Å²) in [6.45, 7) is 9.86. The van der Waals surface area contributed by atoms with Gasteiger partial charge >= 0.3 is 0 Å². The monoisotopic (exact) mass is 272 g/mol. The van der Waals surface area contributed by atoms with E-state index < -0.39 is 0 Å². The zero-order chi connectivity index (χ0) is 14.5. The van der Waals surface area contributed by atoms with E-state index in [9.17, 15) is 0 Å². The van der Waals surface area contributed by atoms with Crippen LogP contribution in [0, 0.1) is 5.92 Å². The molecule has 1 aromatic carbocycles. The molecule has 0 aliphatic carbocycles. The molecule has 0 saturated carbocycles. The maximum Gasteiger partial charge on any atom is 0.0629 e. The highest BCUT2D eigenvalue weighted by molar-refractivity contribution is 5.80. The van der Waals surface area contributed by atoms with Crippen LogP contribution in [0.1, 0.15) is 64.9 Å². The number of benzene rings is 1. The number of fused-ring (bicyclic) bond motifs is 1. The molecule has 0 spiro atoms. The average Bonchev–Trinajstić information content (AvgIpc) is 2.78. The van der Waals surface area contributed by atoms with Crippen molar-refractivity contribution in [3.8, 4) is 0 Å². The van der Waals surface area contributed by atoms with Crippen LogP contribution in [0.15, 0.2) is 29.4 Å². The molecular formula is C18H28N2. The van der Waals surface area contributed by atoms with Crippen LogP contribution >= 0.6 is 0 Å². The van der Waals surface area contributed by atoms with Gasteiger partial charge in [-0.25, -0.2) is 0 Å². The maximum absolute atomic E-state index is 4.70. The molecule has 1 aromatic rings. The van der Waals surface area contributed by atoms with E-state index in [4.69, 9.17) is 5.10 Å². The van der Waals surface area contributed by atoms with E-state index in [-0.39, 0.29) is 0 Å². The van der Waals surface area contributed by atoms with E-state index in [1.165, 1.54) is 36.9 Å². The van der Waals surface area contributed by atoms with Crippen molar-refractivity contribution in [3.05, 3.63) is 29.8 Å². The van der Waals surface area contributed by atoms with E-state index in [0.29, 0.717) is 5.92 Å². The second-order valence-electron chi connectivity index (χ2n) is 6.27. The number of nitrogens with zero attached hydrogens (tertiary/aromatic N) is 2. The van der Waals surface area contributed by atoms with Gasteiger partial charge in [-0.15, -0.1) is 0 Å². The summed E-state index contributed by atoms with van der Waals surface area (Å²) >= 11 is 0. The lowest BCUT2D eigenvalue weighted by Gasteiger charge is -2.20. The summed E-state index contributed by atoms with van der Waals surface area (Å²) in [5.74, 6) is 1.37. The number of anilines is 1. The van der Waals surface area contributed by atoms with Crippen LogP contribution in [0.2, 0.25) is 0 Å². The van der Waals surface area contributed by atoms with Gasteiger partial charge in [-0.2, -0.15) is 5.10 Å². The number of rotatable bonds is 6. The first-order valence-corrected chi connectivity index (χ1v) is 8.01. The Balaban J connectivity index is 2.14. The fourth-order valence-corrected chi connectivity index (χ4v) is 3.16. The van der Waals surface area contributed by atoms with Crippen LogP contribution in [0.3, 0.4) is 0 Å². The second kappa shape index (κ2) is 6.92. The fourth-order valence-electron chi connectivity index (χ4n) is 3.16. The van der Waals surface area contributed by atoms with E-state index in [2.05, 4.69) is 57.0 Å². The van der Waals surface area contributed by atoms with Gasteiger partial charge in [0, 0.05) is 18.2 Å². The van der Waals surface area contributed by atoms with Crippen molar-refractivity contribution in [2.45, 2.75) is 59.3 Å². The zero-order valence-corrected chi connectivity index (χ0v) is 13.4. The average molecular weight is 272 g/mol. The van der Waals surface area contributed by atoms with E-state index in [1.807, 2.05) is 0 Å². The molecule has 0 radical (unpaired) electrons. The Labute approximate surface area is 123 Å². The van der Waals surface area contributed by atoms with Crippen molar-refractivity contribution in [2.75, 3.05) is 11.6 Å². The van der Waals surface area contributed by atoms with Gasteiger partial charge in [0.15, 0.2) is 0 Å². The number of hydrazone groups is 1. The Morgan fingerprint density at radius 1 is 1.30 bits per heavy atom. The molecule has 2 rings (SSSR count). The van der Waals surface area contributed by atoms with Gasteiger partial charge in [-0.05, 0) is 31.4 Å². The molecule has 0 amide bonds. The van der Waals surface area contributed by atoms with E-state index >= 15 is 0 Å². The third-order valence-corrected chi connectivity index (χ3v) is 4.25. The first-order chi connectivity index (χ1) is 9.63. The van der Waals surface area contributed by atoms with Crippen molar-refractivity contribution >= 4 is 11.4 Å². The molecule has 2 atom stereocenters. The van der Waals surface area contributed by atoms with Crippen molar-refractivity contribution in [1.29, 1.82) is 0 Å².